The summed E-state index contributed by atoms with van der Waals surface area (Å²) in [7, 11) is 1.61. The lowest BCUT2D eigenvalue weighted by atomic mass is 10.2. The van der Waals surface area contributed by atoms with Crippen LogP contribution in [0.4, 0.5) is 0 Å². The highest BCUT2D eigenvalue weighted by atomic mass is 127. The molecule has 0 bridgehead atoms. The largest absolute Gasteiger partial charge is 0.383 e. The molecule has 0 aliphatic carbocycles. The summed E-state index contributed by atoms with van der Waals surface area (Å²) in [5.74, 6) is 0.546. The first-order chi connectivity index (χ1) is 12.7. The maximum absolute atomic E-state index is 11.7. The van der Waals surface area contributed by atoms with E-state index >= 15 is 0 Å². The molecule has 0 saturated carbocycles. The highest BCUT2D eigenvalue weighted by molar-refractivity contribution is 14.0. The quantitative estimate of drug-likeness (QED) is 0.207. The molecule has 0 saturated heterocycles. The fourth-order valence-corrected chi connectivity index (χ4v) is 2.63. The van der Waals surface area contributed by atoms with E-state index in [9.17, 15) is 4.79 Å². The highest BCUT2D eigenvalue weighted by Crippen LogP contribution is 2.15. The lowest BCUT2D eigenvalue weighted by molar-refractivity contribution is -0.119. The van der Waals surface area contributed by atoms with Crippen molar-refractivity contribution in [2.45, 2.75) is 19.9 Å². The van der Waals surface area contributed by atoms with Crippen LogP contribution in [0.3, 0.4) is 0 Å². The van der Waals surface area contributed by atoms with Crippen LogP contribution < -0.4 is 16.0 Å². The maximum atomic E-state index is 11.7. The van der Waals surface area contributed by atoms with Crippen molar-refractivity contribution >= 4 is 46.7 Å². The van der Waals surface area contributed by atoms with Crippen LogP contribution >= 0.6 is 24.0 Å². The molecule has 0 aliphatic rings. The molecule has 1 heterocycles. The molecule has 0 atom stereocenters. The third kappa shape index (κ3) is 8.17. The Morgan fingerprint density at radius 1 is 1.15 bits per heavy atom. The molecule has 1 aromatic carbocycles. The zero-order chi connectivity index (χ0) is 18.6. The first kappa shape index (κ1) is 23.2. The number of aliphatic imine (C=N–C) groups is 1. The van der Waals surface area contributed by atoms with Gasteiger partial charge in [-0.05, 0) is 30.9 Å². The lowest BCUT2D eigenvalue weighted by Crippen LogP contribution is -2.39. The number of aromatic nitrogens is 1. The van der Waals surface area contributed by atoms with Crippen LogP contribution in [0.1, 0.15) is 13.3 Å². The minimum absolute atomic E-state index is 0. The van der Waals surface area contributed by atoms with Crippen LogP contribution in [-0.4, -0.2) is 56.3 Å². The predicted octanol–water partition coefficient (Wildman–Crippen LogP) is 1.97. The molecule has 0 fully saturated rings. The number of nitrogens with one attached hydrogen (secondary N) is 3. The molecule has 0 radical (unpaired) electrons. The monoisotopic (exact) mass is 487 g/mol. The van der Waals surface area contributed by atoms with Gasteiger partial charge in [0.1, 0.15) is 6.54 Å². The van der Waals surface area contributed by atoms with Gasteiger partial charge in [-0.2, -0.15) is 0 Å². The van der Waals surface area contributed by atoms with Crippen molar-refractivity contribution in [1.29, 1.82) is 0 Å². The Morgan fingerprint density at radius 2 is 1.96 bits per heavy atom. The molecule has 8 heteroatoms. The van der Waals surface area contributed by atoms with Gasteiger partial charge in [0, 0.05) is 45.0 Å². The molecule has 1 aromatic heterocycles. The van der Waals surface area contributed by atoms with Crippen LogP contribution in [0, 0.1) is 0 Å². The predicted molar refractivity (Wildman–Crippen MR) is 121 cm³/mol. The number of fused-ring (bicyclic) bond motifs is 1. The maximum Gasteiger partial charge on any atom is 0.241 e. The number of guanidine groups is 1. The van der Waals surface area contributed by atoms with Crippen molar-refractivity contribution in [2.24, 2.45) is 4.99 Å². The summed E-state index contributed by atoms with van der Waals surface area (Å²) in [4.78, 5) is 16.0. The van der Waals surface area contributed by atoms with Crippen LogP contribution in [-0.2, 0) is 16.1 Å². The van der Waals surface area contributed by atoms with Crippen molar-refractivity contribution in [3.05, 3.63) is 36.5 Å². The van der Waals surface area contributed by atoms with Crippen molar-refractivity contribution in [3.63, 3.8) is 0 Å². The standard InChI is InChI=1S/C19H29N5O2.HI/c1-3-20-19(23-15-18(25)21-11-14-26-2)22-10-6-12-24-13-9-16-7-4-5-8-17(16)24;/h4-5,7-9,13H,3,6,10-12,14-15H2,1-2H3,(H,21,25)(H2,20,22,23);1H. The molecule has 0 unspecified atom stereocenters. The summed E-state index contributed by atoms with van der Waals surface area (Å²) in [5, 5.41) is 10.4. The molecule has 27 heavy (non-hydrogen) atoms. The second-order valence-electron chi connectivity index (χ2n) is 5.89. The summed E-state index contributed by atoms with van der Waals surface area (Å²) >= 11 is 0. The molecular weight excluding hydrogens is 457 g/mol. The number of ether oxygens (including phenoxy) is 1. The third-order valence-electron chi connectivity index (χ3n) is 3.90. The van der Waals surface area contributed by atoms with Gasteiger partial charge in [0.05, 0.1) is 6.61 Å². The molecule has 2 aromatic rings. The number of nitrogens with zero attached hydrogens (tertiary/aromatic N) is 2. The van der Waals surface area contributed by atoms with E-state index in [1.807, 2.05) is 6.92 Å². The number of halogens is 1. The Kier molecular flexibility index (Phi) is 11.5. The zero-order valence-corrected chi connectivity index (χ0v) is 18.4. The summed E-state index contributed by atoms with van der Waals surface area (Å²) in [5.41, 5.74) is 1.25. The fourth-order valence-electron chi connectivity index (χ4n) is 2.63. The van der Waals surface area contributed by atoms with E-state index < -0.39 is 0 Å². The number of methoxy groups -OCH3 is 1. The number of aryl methyl sites for hydroxylation is 1. The summed E-state index contributed by atoms with van der Waals surface area (Å²) in [6.07, 6.45) is 3.08. The number of para-hydroxylation sites is 1. The molecule has 3 N–H and O–H groups in total. The Morgan fingerprint density at radius 3 is 2.74 bits per heavy atom. The van der Waals surface area contributed by atoms with Crippen LogP contribution in [0.25, 0.3) is 10.9 Å². The third-order valence-corrected chi connectivity index (χ3v) is 3.90. The molecule has 2 rings (SSSR count). The van der Waals surface area contributed by atoms with Crippen LogP contribution in [0.15, 0.2) is 41.5 Å². The van der Waals surface area contributed by atoms with Crippen LogP contribution in [0.2, 0.25) is 0 Å². The number of benzene rings is 1. The Balaban J connectivity index is 0.00000364. The lowest BCUT2D eigenvalue weighted by Gasteiger charge is -2.12. The van der Waals surface area contributed by atoms with E-state index in [2.05, 4.69) is 62.0 Å². The first-order valence-electron chi connectivity index (χ1n) is 9.06. The van der Waals surface area contributed by atoms with Gasteiger partial charge in [-0.25, -0.2) is 4.99 Å². The number of hydrogen-bond acceptors (Lipinski definition) is 3. The molecule has 0 aliphatic heterocycles. The summed E-state index contributed by atoms with van der Waals surface area (Å²) in [6.45, 7) is 5.56. The van der Waals surface area contributed by atoms with Gasteiger partial charge < -0.3 is 25.3 Å². The number of rotatable bonds is 10. The topological polar surface area (TPSA) is 79.7 Å². The minimum Gasteiger partial charge on any atom is -0.383 e. The van der Waals surface area contributed by atoms with Gasteiger partial charge in [0.25, 0.3) is 0 Å². The molecule has 150 valence electrons. The Bertz CT molecular complexity index is 717. The number of carbonyl (C=O) groups excluding carboxylic acids is 1. The zero-order valence-electron chi connectivity index (χ0n) is 16.0. The Labute approximate surface area is 178 Å². The van der Waals surface area contributed by atoms with Crippen LogP contribution in [0.5, 0.6) is 0 Å². The van der Waals surface area contributed by atoms with E-state index in [1.54, 1.807) is 7.11 Å². The van der Waals surface area contributed by atoms with Gasteiger partial charge in [-0.15, -0.1) is 24.0 Å². The fraction of sp³-hybridized carbons (Fsp3) is 0.474. The number of hydrogen-bond donors (Lipinski definition) is 3. The average molecular weight is 487 g/mol. The van der Waals surface area contributed by atoms with Gasteiger partial charge in [0.15, 0.2) is 5.96 Å². The summed E-state index contributed by atoms with van der Waals surface area (Å²) in [6, 6.07) is 10.5. The second kappa shape index (κ2) is 13.4. The molecule has 0 spiro atoms. The average Bonchev–Trinajstić information content (AvgIpc) is 3.06. The smallest absolute Gasteiger partial charge is 0.241 e. The molecule has 7 nitrogen and oxygen atoms in total. The van der Waals surface area contributed by atoms with Crippen molar-refractivity contribution in [3.8, 4) is 0 Å². The number of amides is 1. The van der Waals surface area contributed by atoms with E-state index in [0.717, 1.165) is 26.1 Å². The first-order valence-corrected chi connectivity index (χ1v) is 9.06. The van der Waals surface area contributed by atoms with Gasteiger partial charge in [0.2, 0.25) is 5.91 Å². The second-order valence-corrected chi connectivity index (χ2v) is 5.89. The highest BCUT2D eigenvalue weighted by Gasteiger charge is 2.03. The van der Waals surface area contributed by atoms with E-state index in [-0.39, 0.29) is 36.4 Å². The molecular formula is C19H30IN5O2. The van der Waals surface area contributed by atoms with Crippen molar-refractivity contribution in [2.75, 3.05) is 39.9 Å². The van der Waals surface area contributed by atoms with Gasteiger partial charge >= 0.3 is 0 Å². The van der Waals surface area contributed by atoms with Crippen molar-refractivity contribution < 1.29 is 9.53 Å². The van der Waals surface area contributed by atoms with E-state index in [0.29, 0.717) is 19.1 Å². The molecule has 1 amide bonds. The van der Waals surface area contributed by atoms with Gasteiger partial charge in [-0.1, -0.05) is 18.2 Å². The van der Waals surface area contributed by atoms with Gasteiger partial charge in [-0.3, -0.25) is 4.79 Å². The normalized spacial score (nSPS) is 11.1. The SMILES string of the molecule is CCNC(=NCC(=O)NCCOC)NCCCn1ccc2ccccc21.I. The summed E-state index contributed by atoms with van der Waals surface area (Å²) < 4.78 is 7.16. The van der Waals surface area contributed by atoms with E-state index in [4.69, 9.17) is 4.74 Å². The van der Waals surface area contributed by atoms with Crippen molar-refractivity contribution in [1.82, 2.24) is 20.5 Å². The Hall–Kier alpha value is -1.81. The number of carbonyl (C=O) groups is 1. The van der Waals surface area contributed by atoms with E-state index in [1.165, 1.54) is 10.9 Å². The minimum atomic E-state index is -0.113.